The number of anilines is 2. The number of nitrogen functional groups attached to an aromatic ring is 1. The second kappa shape index (κ2) is 9.27. The Labute approximate surface area is 186 Å². The van der Waals surface area contributed by atoms with Crippen LogP contribution < -0.4 is 14.3 Å². The molecule has 170 valence electrons. The van der Waals surface area contributed by atoms with Crippen molar-refractivity contribution >= 4 is 39.4 Å². The first-order chi connectivity index (χ1) is 15.2. The quantitative estimate of drug-likeness (QED) is 0.361. The normalized spacial score (nSPS) is 14.8. The maximum Gasteiger partial charge on any atom is 0.337 e. The summed E-state index contributed by atoms with van der Waals surface area (Å²) in [7, 11) is -1.39. The summed E-state index contributed by atoms with van der Waals surface area (Å²) in [6, 6.07) is 11.1. The number of methoxy groups -OCH3 is 2. The van der Waals surface area contributed by atoms with Gasteiger partial charge in [0.05, 0.1) is 44.2 Å². The van der Waals surface area contributed by atoms with E-state index in [-0.39, 0.29) is 48.1 Å². The summed E-state index contributed by atoms with van der Waals surface area (Å²) < 4.78 is 38.3. The lowest BCUT2D eigenvalue weighted by Gasteiger charge is -2.23. The Morgan fingerprint density at radius 3 is 2.28 bits per heavy atom. The van der Waals surface area contributed by atoms with E-state index in [2.05, 4.69) is 9.47 Å². The standard InChI is InChI=1S/C21H24N4O6S/c1-30-19(26)10-5-14-3-7-16(8-4-14)24-11-12-25(32(24,28)29)18-9-6-15(21(27)31-2)13-17(18)20(22)23/h3-4,6-9,13H,5,10-12H2,1-2H3,(H3,22,23). The fourth-order valence-corrected chi connectivity index (χ4v) is 5.09. The van der Waals surface area contributed by atoms with Crippen LogP contribution in [-0.4, -0.2) is 53.5 Å². The van der Waals surface area contributed by atoms with Crippen LogP contribution in [-0.2, 0) is 30.9 Å². The zero-order chi connectivity index (χ0) is 23.5. The Kier molecular flexibility index (Phi) is 6.68. The second-order valence-electron chi connectivity index (χ2n) is 7.03. The molecule has 1 aliphatic rings. The zero-order valence-corrected chi connectivity index (χ0v) is 18.5. The fourth-order valence-electron chi connectivity index (χ4n) is 3.43. The number of amidine groups is 1. The Bertz CT molecular complexity index is 1150. The minimum absolute atomic E-state index is 0.122. The van der Waals surface area contributed by atoms with E-state index in [1.165, 1.54) is 36.7 Å². The molecule has 0 bridgehead atoms. The van der Waals surface area contributed by atoms with Crippen LogP contribution in [0.4, 0.5) is 11.4 Å². The number of carbonyl (C=O) groups excluding carboxylic acids is 2. The Balaban J connectivity index is 1.87. The molecule has 0 saturated carbocycles. The van der Waals surface area contributed by atoms with E-state index in [0.29, 0.717) is 12.1 Å². The maximum atomic E-state index is 13.3. The molecule has 0 aromatic heterocycles. The lowest BCUT2D eigenvalue weighted by atomic mass is 10.1. The van der Waals surface area contributed by atoms with Crippen molar-refractivity contribution in [1.29, 1.82) is 5.41 Å². The number of aryl methyl sites for hydroxylation is 1. The van der Waals surface area contributed by atoms with Gasteiger partial charge in [-0.3, -0.25) is 18.8 Å². The number of rotatable bonds is 7. The number of nitrogens with zero attached hydrogens (tertiary/aromatic N) is 2. The molecular weight excluding hydrogens is 436 g/mol. The van der Waals surface area contributed by atoms with Gasteiger partial charge in [-0.25, -0.2) is 4.79 Å². The van der Waals surface area contributed by atoms with Gasteiger partial charge in [0.15, 0.2) is 0 Å². The smallest absolute Gasteiger partial charge is 0.337 e. The van der Waals surface area contributed by atoms with Crippen molar-refractivity contribution in [2.24, 2.45) is 5.73 Å². The average Bonchev–Trinajstić information content (AvgIpc) is 3.10. The van der Waals surface area contributed by atoms with E-state index in [0.717, 1.165) is 9.87 Å². The van der Waals surface area contributed by atoms with E-state index in [9.17, 15) is 18.0 Å². The third-order valence-electron chi connectivity index (χ3n) is 5.11. The van der Waals surface area contributed by atoms with Crippen LogP contribution in [0, 0.1) is 5.41 Å². The molecule has 11 heteroatoms. The minimum Gasteiger partial charge on any atom is -0.469 e. The third kappa shape index (κ3) is 4.52. The summed E-state index contributed by atoms with van der Waals surface area (Å²) in [6.07, 6.45) is 0.724. The summed E-state index contributed by atoms with van der Waals surface area (Å²) in [5.41, 5.74) is 7.52. The monoisotopic (exact) mass is 460 g/mol. The largest absolute Gasteiger partial charge is 0.469 e. The molecule has 0 unspecified atom stereocenters. The molecular formula is C21H24N4O6S. The van der Waals surface area contributed by atoms with Gasteiger partial charge in [-0.1, -0.05) is 12.1 Å². The molecule has 2 aromatic carbocycles. The van der Waals surface area contributed by atoms with Crippen LogP contribution in [0.5, 0.6) is 0 Å². The van der Waals surface area contributed by atoms with E-state index in [4.69, 9.17) is 11.1 Å². The fraction of sp³-hybridized carbons (Fsp3) is 0.286. The predicted molar refractivity (Wildman–Crippen MR) is 119 cm³/mol. The first-order valence-electron chi connectivity index (χ1n) is 9.72. The molecule has 0 amide bonds. The van der Waals surface area contributed by atoms with Crippen molar-refractivity contribution in [2.75, 3.05) is 35.9 Å². The summed E-state index contributed by atoms with van der Waals surface area (Å²) in [4.78, 5) is 23.1. The van der Waals surface area contributed by atoms with E-state index in [1.807, 2.05) is 0 Å². The Morgan fingerprint density at radius 2 is 1.69 bits per heavy atom. The van der Waals surface area contributed by atoms with Crippen LogP contribution in [0.1, 0.15) is 27.9 Å². The third-order valence-corrected chi connectivity index (χ3v) is 7.00. The van der Waals surface area contributed by atoms with Crippen molar-refractivity contribution in [1.82, 2.24) is 0 Å². The molecule has 32 heavy (non-hydrogen) atoms. The predicted octanol–water partition coefficient (Wildman–Crippen LogP) is 1.43. The van der Waals surface area contributed by atoms with Gasteiger partial charge in [0.1, 0.15) is 5.84 Å². The summed E-state index contributed by atoms with van der Waals surface area (Å²) in [6.45, 7) is 0.338. The van der Waals surface area contributed by atoms with E-state index in [1.54, 1.807) is 24.3 Å². The number of hydrogen-bond donors (Lipinski definition) is 2. The van der Waals surface area contributed by atoms with E-state index < -0.39 is 16.2 Å². The maximum absolute atomic E-state index is 13.3. The van der Waals surface area contributed by atoms with Gasteiger partial charge in [0.25, 0.3) is 0 Å². The van der Waals surface area contributed by atoms with Gasteiger partial charge < -0.3 is 15.2 Å². The van der Waals surface area contributed by atoms with Crippen molar-refractivity contribution in [3.8, 4) is 0 Å². The van der Waals surface area contributed by atoms with Gasteiger partial charge in [-0.2, -0.15) is 8.42 Å². The van der Waals surface area contributed by atoms with Gasteiger partial charge in [-0.15, -0.1) is 0 Å². The molecule has 1 fully saturated rings. The number of nitrogens with two attached hydrogens (primary N) is 1. The number of nitrogens with one attached hydrogen (secondary N) is 1. The zero-order valence-electron chi connectivity index (χ0n) is 17.7. The molecule has 1 saturated heterocycles. The molecule has 1 aliphatic heterocycles. The second-order valence-corrected chi connectivity index (χ2v) is 8.81. The van der Waals surface area contributed by atoms with Crippen LogP contribution in [0.3, 0.4) is 0 Å². The highest BCUT2D eigenvalue weighted by atomic mass is 32.2. The van der Waals surface area contributed by atoms with Gasteiger partial charge in [0, 0.05) is 12.0 Å². The van der Waals surface area contributed by atoms with Gasteiger partial charge >= 0.3 is 22.1 Å². The number of benzene rings is 2. The van der Waals surface area contributed by atoms with Crippen LogP contribution in [0.25, 0.3) is 0 Å². The summed E-state index contributed by atoms with van der Waals surface area (Å²) >= 11 is 0. The Morgan fingerprint density at radius 1 is 1.03 bits per heavy atom. The lowest BCUT2D eigenvalue weighted by molar-refractivity contribution is -0.140. The number of hydrogen-bond acceptors (Lipinski definition) is 7. The SMILES string of the molecule is COC(=O)CCc1ccc(N2CCN(c3ccc(C(=O)OC)cc3C(=N)N)S2(=O)=O)cc1. The molecule has 3 rings (SSSR count). The highest BCUT2D eigenvalue weighted by molar-refractivity contribution is 7.94. The van der Waals surface area contributed by atoms with Crippen LogP contribution >= 0.6 is 0 Å². The summed E-state index contributed by atoms with van der Waals surface area (Å²) in [5, 5.41) is 7.84. The van der Waals surface area contributed by atoms with Crippen LogP contribution in [0.15, 0.2) is 42.5 Å². The average molecular weight is 461 g/mol. The minimum atomic E-state index is -3.95. The molecule has 3 N–H and O–H groups in total. The van der Waals surface area contributed by atoms with Crippen molar-refractivity contribution < 1.29 is 27.5 Å². The van der Waals surface area contributed by atoms with Crippen molar-refractivity contribution in [3.63, 3.8) is 0 Å². The molecule has 0 atom stereocenters. The molecule has 1 heterocycles. The molecule has 10 nitrogen and oxygen atoms in total. The van der Waals surface area contributed by atoms with Crippen molar-refractivity contribution in [3.05, 3.63) is 59.2 Å². The Hall–Kier alpha value is -3.60. The lowest BCUT2D eigenvalue weighted by Crippen LogP contribution is -2.34. The number of carbonyl (C=O) groups is 2. The van der Waals surface area contributed by atoms with Crippen LogP contribution in [0.2, 0.25) is 0 Å². The molecule has 0 spiro atoms. The van der Waals surface area contributed by atoms with E-state index >= 15 is 0 Å². The first kappa shape index (κ1) is 23.1. The first-order valence-corrected chi connectivity index (χ1v) is 11.1. The van der Waals surface area contributed by atoms with Gasteiger partial charge in [-0.05, 0) is 42.3 Å². The molecule has 0 radical (unpaired) electrons. The molecule has 0 aliphatic carbocycles. The summed E-state index contributed by atoms with van der Waals surface area (Å²) in [5.74, 6) is -1.29. The van der Waals surface area contributed by atoms with Crippen molar-refractivity contribution in [2.45, 2.75) is 12.8 Å². The topological polar surface area (TPSA) is 143 Å². The molecule has 2 aromatic rings. The van der Waals surface area contributed by atoms with Gasteiger partial charge in [0.2, 0.25) is 0 Å². The highest BCUT2D eigenvalue weighted by Gasteiger charge is 2.38. The highest BCUT2D eigenvalue weighted by Crippen LogP contribution is 2.32. The number of ether oxygens (including phenoxy) is 2. The number of esters is 2.